The normalized spacial score (nSPS) is 10.7. The van der Waals surface area contributed by atoms with E-state index in [1.807, 2.05) is 54.6 Å². The summed E-state index contributed by atoms with van der Waals surface area (Å²) in [6.45, 7) is 4.34. The number of carbonyl (C=O) groups is 1. The van der Waals surface area contributed by atoms with Crippen LogP contribution in [-0.2, 0) is 29.0 Å². The molecule has 0 aliphatic rings. The number of hydrogen-bond donors (Lipinski definition) is 5. The van der Waals surface area contributed by atoms with Gasteiger partial charge in [0.1, 0.15) is 5.75 Å². The Morgan fingerprint density at radius 1 is 0.733 bits per heavy atom. The van der Waals surface area contributed by atoms with Crippen molar-refractivity contribution in [2.75, 3.05) is 69.1 Å². The van der Waals surface area contributed by atoms with Crippen molar-refractivity contribution in [3.63, 3.8) is 0 Å². The van der Waals surface area contributed by atoms with Crippen molar-refractivity contribution in [1.29, 1.82) is 0 Å². The SMILES string of the molecule is COc1ccc(CNc2nc(NCCc3ccccn3)nc(NCc3ccc(C(=O)NCCOCCOCCN)cc3)n2)cc1. The van der Waals surface area contributed by atoms with Crippen molar-refractivity contribution in [3.8, 4) is 5.75 Å². The van der Waals surface area contributed by atoms with E-state index in [9.17, 15) is 4.79 Å². The summed E-state index contributed by atoms with van der Waals surface area (Å²) in [6, 6.07) is 21.0. The van der Waals surface area contributed by atoms with E-state index in [2.05, 4.69) is 41.2 Å². The summed E-state index contributed by atoms with van der Waals surface area (Å²) in [4.78, 5) is 30.5. The van der Waals surface area contributed by atoms with Crippen LogP contribution in [0.1, 0.15) is 27.2 Å². The number of rotatable bonds is 20. The highest BCUT2D eigenvalue weighted by atomic mass is 16.5. The van der Waals surface area contributed by atoms with Crippen LogP contribution in [0.4, 0.5) is 17.8 Å². The summed E-state index contributed by atoms with van der Waals surface area (Å²) in [7, 11) is 1.64. The Balaban J connectivity index is 1.30. The van der Waals surface area contributed by atoms with Gasteiger partial charge in [0.25, 0.3) is 5.91 Å². The second kappa shape index (κ2) is 18.7. The molecule has 0 aliphatic heterocycles. The van der Waals surface area contributed by atoms with E-state index in [-0.39, 0.29) is 5.91 Å². The van der Waals surface area contributed by atoms with Crippen molar-refractivity contribution in [1.82, 2.24) is 25.3 Å². The van der Waals surface area contributed by atoms with Crippen LogP contribution in [0.15, 0.2) is 72.9 Å². The number of nitrogens with two attached hydrogens (primary N) is 1. The van der Waals surface area contributed by atoms with Crippen molar-refractivity contribution in [2.45, 2.75) is 19.5 Å². The first kappa shape index (κ1) is 33.1. The standard InChI is InChI=1S/C32H41N9O4/c1-43-28-11-7-25(8-12-28)23-38-32-40-30(36-16-13-27-4-2-3-15-34-27)39-31(41-32)37-22-24-5-9-26(10-6-24)29(42)35-17-19-45-21-20-44-18-14-33/h2-12,15H,13-14,16-23,33H2,1H3,(H,35,42)(H3,36,37,38,39,40,41). The number of carbonyl (C=O) groups excluding carboxylic acids is 1. The quantitative estimate of drug-likeness (QED) is 0.0923. The number of nitrogens with zero attached hydrogens (tertiary/aromatic N) is 4. The third-order valence-corrected chi connectivity index (χ3v) is 6.47. The van der Waals surface area contributed by atoms with Gasteiger partial charge in [0.2, 0.25) is 17.8 Å². The third-order valence-electron chi connectivity index (χ3n) is 6.47. The van der Waals surface area contributed by atoms with Gasteiger partial charge in [-0.25, -0.2) is 0 Å². The fourth-order valence-corrected chi connectivity index (χ4v) is 4.09. The summed E-state index contributed by atoms with van der Waals surface area (Å²) in [6.07, 6.45) is 2.50. The van der Waals surface area contributed by atoms with Crippen LogP contribution in [0.25, 0.3) is 0 Å². The smallest absolute Gasteiger partial charge is 0.251 e. The molecule has 0 fully saturated rings. The maximum absolute atomic E-state index is 12.5. The first-order valence-corrected chi connectivity index (χ1v) is 14.9. The highest BCUT2D eigenvalue weighted by Gasteiger charge is 2.09. The summed E-state index contributed by atoms with van der Waals surface area (Å²) in [5, 5.41) is 12.7. The van der Waals surface area contributed by atoms with Crippen LogP contribution in [-0.4, -0.2) is 79.0 Å². The molecule has 2 aromatic heterocycles. The molecule has 0 saturated carbocycles. The van der Waals surface area contributed by atoms with Crippen LogP contribution < -0.4 is 31.7 Å². The summed E-state index contributed by atoms with van der Waals surface area (Å²) < 4.78 is 15.9. The molecule has 4 rings (SSSR count). The zero-order chi connectivity index (χ0) is 31.5. The average molecular weight is 616 g/mol. The molecule has 0 bridgehead atoms. The number of benzene rings is 2. The molecule has 6 N–H and O–H groups in total. The molecular weight excluding hydrogens is 574 g/mol. The zero-order valence-corrected chi connectivity index (χ0v) is 25.5. The molecule has 0 radical (unpaired) electrons. The van der Waals surface area contributed by atoms with Gasteiger partial charge in [-0.3, -0.25) is 9.78 Å². The first-order chi connectivity index (χ1) is 22.1. The molecule has 45 heavy (non-hydrogen) atoms. The van der Waals surface area contributed by atoms with Gasteiger partial charge in [0.05, 0.1) is 33.5 Å². The van der Waals surface area contributed by atoms with E-state index in [4.69, 9.17) is 19.9 Å². The fraction of sp³-hybridized carbons (Fsp3) is 0.344. The van der Waals surface area contributed by atoms with Crippen molar-refractivity contribution in [3.05, 3.63) is 95.3 Å². The lowest BCUT2D eigenvalue weighted by molar-refractivity contribution is 0.0511. The van der Waals surface area contributed by atoms with E-state index in [0.29, 0.717) is 82.6 Å². The van der Waals surface area contributed by atoms with Gasteiger partial charge < -0.3 is 41.2 Å². The molecular formula is C32H41N9O4. The van der Waals surface area contributed by atoms with Gasteiger partial charge >= 0.3 is 0 Å². The van der Waals surface area contributed by atoms with Crippen LogP contribution in [0.5, 0.6) is 5.75 Å². The molecule has 0 saturated heterocycles. The zero-order valence-electron chi connectivity index (χ0n) is 25.5. The van der Waals surface area contributed by atoms with E-state index < -0.39 is 0 Å². The molecule has 1 amide bonds. The maximum atomic E-state index is 12.5. The lowest BCUT2D eigenvalue weighted by Crippen LogP contribution is -2.27. The Labute approximate surface area is 263 Å². The topological polar surface area (TPSA) is 170 Å². The largest absolute Gasteiger partial charge is 0.497 e. The minimum Gasteiger partial charge on any atom is -0.497 e. The number of methoxy groups -OCH3 is 1. The van der Waals surface area contributed by atoms with Gasteiger partial charge in [-0.15, -0.1) is 0 Å². The molecule has 0 aliphatic carbocycles. The highest BCUT2D eigenvalue weighted by Crippen LogP contribution is 2.15. The van der Waals surface area contributed by atoms with Gasteiger partial charge in [-0.1, -0.05) is 30.3 Å². The van der Waals surface area contributed by atoms with E-state index in [1.54, 1.807) is 25.4 Å². The predicted octanol–water partition coefficient (Wildman–Crippen LogP) is 2.88. The van der Waals surface area contributed by atoms with Gasteiger partial charge in [0.15, 0.2) is 0 Å². The van der Waals surface area contributed by atoms with Crippen LogP contribution in [0.2, 0.25) is 0 Å². The lowest BCUT2D eigenvalue weighted by atomic mass is 10.1. The van der Waals surface area contributed by atoms with Gasteiger partial charge in [0, 0.05) is 56.6 Å². The molecule has 0 unspecified atom stereocenters. The number of amides is 1. The van der Waals surface area contributed by atoms with Crippen molar-refractivity contribution >= 4 is 23.8 Å². The molecule has 4 aromatic rings. The predicted molar refractivity (Wildman–Crippen MR) is 173 cm³/mol. The summed E-state index contributed by atoms with van der Waals surface area (Å²) in [5.74, 6) is 1.92. The minimum atomic E-state index is -0.163. The Morgan fingerprint density at radius 3 is 1.96 bits per heavy atom. The lowest BCUT2D eigenvalue weighted by Gasteiger charge is -2.12. The Bertz CT molecular complexity index is 1430. The number of ether oxygens (including phenoxy) is 3. The maximum Gasteiger partial charge on any atom is 0.251 e. The van der Waals surface area contributed by atoms with Gasteiger partial charge in [-0.05, 0) is 47.5 Å². The first-order valence-electron chi connectivity index (χ1n) is 14.9. The average Bonchev–Trinajstić information content (AvgIpc) is 3.08. The second-order valence-electron chi connectivity index (χ2n) is 9.83. The molecule has 2 heterocycles. The Hall–Kier alpha value is -4.85. The number of aromatic nitrogens is 4. The molecule has 0 atom stereocenters. The van der Waals surface area contributed by atoms with Crippen molar-refractivity contribution < 1.29 is 19.0 Å². The fourth-order valence-electron chi connectivity index (χ4n) is 4.09. The molecule has 13 nitrogen and oxygen atoms in total. The molecule has 13 heteroatoms. The molecule has 0 spiro atoms. The number of hydrogen-bond acceptors (Lipinski definition) is 12. The van der Waals surface area contributed by atoms with Gasteiger partial charge in [-0.2, -0.15) is 15.0 Å². The second-order valence-corrected chi connectivity index (χ2v) is 9.83. The van der Waals surface area contributed by atoms with Crippen LogP contribution in [0, 0.1) is 0 Å². The van der Waals surface area contributed by atoms with E-state index in [1.165, 1.54) is 0 Å². The third kappa shape index (κ3) is 12.0. The number of pyridine rings is 1. The number of nitrogens with one attached hydrogen (secondary N) is 4. The number of anilines is 3. The van der Waals surface area contributed by atoms with Crippen LogP contribution >= 0.6 is 0 Å². The highest BCUT2D eigenvalue weighted by molar-refractivity contribution is 5.94. The summed E-state index contributed by atoms with van der Waals surface area (Å²) in [5.41, 5.74) is 8.93. The molecule has 2 aromatic carbocycles. The van der Waals surface area contributed by atoms with Crippen molar-refractivity contribution in [2.24, 2.45) is 5.73 Å². The van der Waals surface area contributed by atoms with E-state index in [0.717, 1.165) is 29.0 Å². The minimum absolute atomic E-state index is 0.163. The molecule has 238 valence electrons. The van der Waals surface area contributed by atoms with E-state index >= 15 is 0 Å². The summed E-state index contributed by atoms with van der Waals surface area (Å²) >= 11 is 0. The Morgan fingerprint density at radius 2 is 1.36 bits per heavy atom. The Kier molecular flexibility index (Phi) is 13.8. The van der Waals surface area contributed by atoms with Crippen LogP contribution in [0.3, 0.4) is 0 Å². The monoisotopic (exact) mass is 615 g/mol.